The molecule has 1 aromatic heterocycles. The molecular formula is C11H15BrN4OS2. The molecule has 104 valence electrons. The molecule has 0 saturated carbocycles. The van der Waals surface area contributed by atoms with Crippen LogP contribution in [0.15, 0.2) is 9.57 Å². The van der Waals surface area contributed by atoms with Crippen molar-refractivity contribution in [3.8, 4) is 0 Å². The van der Waals surface area contributed by atoms with Crippen LogP contribution in [0, 0.1) is 6.92 Å². The van der Waals surface area contributed by atoms with E-state index in [1.165, 1.54) is 11.5 Å². The van der Waals surface area contributed by atoms with E-state index >= 15 is 0 Å². The first-order valence-corrected chi connectivity index (χ1v) is 7.86. The Morgan fingerprint density at radius 3 is 2.79 bits per heavy atom. The van der Waals surface area contributed by atoms with Gasteiger partial charge in [0, 0.05) is 13.1 Å². The van der Waals surface area contributed by atoms with Crippen LogP contribution in [0.25, 0.3) is 0 Å². The van der Waals surface area contributed by atoms with Crippen LogP contribution < -0.4 is 5.43 Å². The molecule has 1 saturated heterocycles. The maximum Gasteiger partial charge on any atom is 0.189 e. The van der Waals surface area contributed by atoms with Crippen LogP contribution >= 0.6 is 39.7 Å². The van der Waals surface area contributed by atoms with Gasteiger partial charge in [-0.2, -0.15) is 9.47 Å². The first kappa shape index (κ1) is 14.8. The van der Waals surface area contributed by atoms with Crippen LogP contribution in [-0.2, 0) is 4.74 Å². The highest BCUT2D eigenvalue weighted by molar-refractivity contribution is 9.10. The Kier molecular flexibility index (Phi) is 5.26. The highest BCUT2D eigenvalue weighted by atomic mass is 79.9. The summed E-state index contributed by atoms with van der Waals surface area (Å²) in [5.74, 6) is 0. The van der Waals surface area contributed by atoms with Gasteiger partial charge in [0.05, 0.1) is 34.0 Å². The molecule has 19 heavy (non-hydrogen) atoms. The Bertz CT molecular complexity index is 497. The second kappa shape index (κ2) is 6.74. The minimum atomic E-state index is 0.639. The number of aryl methyl sites for hydroxylation is 1. The summed E-state index contributed by atoms with van der Waals surface area (Å²) in [6, 6.07) is 0. The normalized spacial score (nSPS) is 16.6. The van der Waals surface area contributed by atoms with Gasteiger partial charge in [-0.15, -0.1) is 0 Å². The Hall–Kier alpha value is -0.570. The number of nitrogens with one attached hydrogen (secondary N) is 1. The number of hydrogen-bond donors (Lipinski definition) is 1. The summed E-state index contributed by atoms with van der Waals surface area (Å²) in [6.07, 6.45) is 0. The SMILES string of the molecule is C/C(=N\NC(=S)N1CCOCC1)c1snc(C)c1Br. The molecule has 5 nitrogen and oxygen atoms in total. The minimum absolute atomic E-state index is 0.639. The van der Waals surface area contributed by atoms with E-state index in [1.807, 2.05) is 13.8 Å². The Balaban J connectivity index is 1.97. The lowest BCUT2D eigenvalue weighted by Gasteiger charge is -2.28. The number of thiocarbonyl (C=S) groups is 1. The van der Waals surface area contributed by atoms with Crippen molar-refractivity contribution in [1.29, 1.82) is 0 Å². The summed E-state index contributed by atoms with van der Waals surface area (Å²) >= 11 is 10.2. The number of ether oxygens (including phenoxy) is 1. The van der Waals surface area contributed by atoms with E-state index in [9.17, 15) is 0 Å². The lowest BCUT2D eigenvalue weighted by Crippen LogP contribution is -2.44. The maximum atomic E-state index is 5.31. The van der Waals surface area contributed by atoms with Crippen molar-refractivity contribution in [2.24, 2.45) is 5.10 Å². The van der Waals surface area contributed by atoms with Crippen LogP contribution in [-0.4, -0.2) is 46.4 Å². The zero-order valence-electron chi connectivity index (χ0n) is 10.8. The molecule has 1 aliphatic heterocycles. The summed E-state index contributed by atoms with van der Waals surface area (Å²) in [7, 11) is 0. The Morgan fingerprint density at radius 2 is 2.21 bits per heavy atom. The van der Waals surface area contributed by atoms with Crippen molar-refractivity contribution in [3.63, 3.8) is 0 Å². The summed E-state index contributed by atoms with van der Waals surface area (Å²) in [4.78, 5) is 3.08. The van der Waals surface area contributed by atoms with E-state index in [1.54, 1.807) is 0 Å². The van der Waals surface area contributed by atoms with E-state index in [0.29, 0.717) is 18.3 Å². The zero-order chi connectivity index (χ0) is 13.8. The van der Waals surface area contributed by atoms with Crippen molar-refractivity contribution in [2.45, 2.75) is 13.8 Å². The van der Waals surface area contributed by atoms with Gasteiger partial charge in [0.25, 0.3) is 0 Å². The number of aromatic nitrogens is 1. The second-order valence-electron chi connectivity index (χ2n) is 4.12. The van der Waals surface area contributed by atoms with E-state index in [4.69, 9.17) is 17.0 Å². The molecule has 8 heteroatoms. The smallest absolute Gasteiger partial charge is 0.189 e. The summed E-state index contributed by atoms with van der Waals surface area (Å²) < 4.78 is 10.6. The lowest BCUT2D eigenvalue weighted by atomic mass is 10.3. The number of halogens is 1. The number of hydrogen-bond acceptors (Lipinski definition) is 5. The first-order valence-electron chi connectivity index (χ1n) is 5.88. The predicted molar refractivity (Wildman–Crippen MR) is 84.9 cm³/mol. The number of morpholine rings is 1. The fourth-order valence-electron chi connectivity index (χ4n) is 1.60. The summed E-state index contributed by atoms with van der Waals surface area (Å²) in [6.45, 7) is 6.94. The number of hydrazone groups is 1. The molecule has 1 aliphatic rings. The third-order valence-corrected chi connectivity index (χ3v) is 5.37. The first-order chi connectivity index (χ1) is 9.09. The fourth-order valence-corrected chi connectivity index (χ4v) is 3.27. The van der Waals surface area contributed by atoms with Crippen LogP contribution in [0.3, 0.4) is 0 Å². The third kappa shape index (κ3) is 3.71. The van der Waals surface area contributed by atoms with Gasteiger partial charge in [-0.05, 0) is 53.5 Å². The number of rotatable bonds is 2. The quantitative estimate of drug-likeness (QED) is 0.496. The molecule has 2 heterocycles. The molecule has 1 N–H and O–H groups in total. The van der Waals surface area contributed by atoms with Crippen LogP contribution in [0.1, 0.15) is 17.5 Å². The highest BCUT2D eigenvalue weighted by Gasteiger charge is 2.14. The summed E-state index contributed by atoms with van der Waals surface area (Å²) in [5.41, 5.74) is 4.78. The van der Waals surface area contributed by atoms with Crippen molar-refractivity contribution in [1.82, 2.24) is 14.7 Å². The molecule has 0 atom stereocenters. The fraction of sp³-hybridized carbons (Fsp3) is 0.545. The average Bonchev–Trinajstić information content (AvgIpc) is 2.77. The molecular weight excluding hydrogens is 348 g/mol. The number of nitrogens with zero attached hydrogens (tertiary/aromatic N) is 3. The van der Waals surface area contributed by atoms with E-state index in [2.05, 4.69) is 35.7 Å². The van der Waals surface area contributed by atoms with Crippen LogP contribution in [0.5, 0.6) is 0 Å². The molecule has 1 aromatic rings. The molecule has 0 amide bonds. The van der Waals surface area contributed by atoms with Crippen molar-refractivity contribution in [3.05, 3.63) is 15.0 Å². The van der Waals surface area contributed by atoms with Crippen molar-refractivity contribution >= 4 is 50.5 Å². The van der Waals surface area contributed by atoms with Gasteiger partial charge in [-0.25, -0.2) is 0 Å². The molecule has 1 fully saturated rings. The molecule has 0 radical (unpaired) electrons. The molecule has 0 aromatic carbocycles. The molecule has 0 spiro atoms. The molecule has 0 unspecified atom stereocenters. The second-order valence-corrected chi connectivity index (χ2v) is 6.08. The van der Waals surface area contributed by atoms with Gasteiger partial charge < -0.3 is 9.64 Å². The largest absolute Gasteiger partial charge is 0.378 e. The van der Waals surface area contributed by atoms with E-state index in [-0.39, 0.29) is 0 Å². The lowest BCUT2D eigenvalue weighted by molar-refractivity contribution is 0.0677. The van der Waals surface area contributed by atoms with Crippen LogP contribution in [0.4, 0.5) is 0 Å². The highest BCUT2D eigenvalue weighted by Crippen LogP contribution is 2.25. The Morgan fingerprint density at radius 1 is 1.53 bits per heavy atom. The molecule has 2 rings (SSSR count). The van der Waals surface area contributed by atoms with E-state index < -0.39 is 0 Å². The molecule has 0 bridgehead atoms. The van der Waals surface area contributed by atoms with Crippen molar-refractivity contribution in [2.75, 3.05) is 26.3 Å². The monoisotopic (exact) mass is 362 g/mol. The van der Waals surface area contributed by atoms with Crippen molar-refractivity contribution < 1.29 is 4.74 Å². The van der Waals surface area contributed by atoms with Gasteiger partial charge >= 0.3 is 0 Å². The van der Waals surface area contributed by atoms with Crippen LogP contribution in [0.2, 0.25) is 0 Å². The molecule has 0 aliphatic carbocycles. The van der Waals surface area contributed by atoms with Gasteiger partial charge in [0.15, 0.2) is 5.11 Å². The topological polar surface area (TPSA) is 49.8 Å². The standard InChI is InChI=1S/C11H15BrN4OS2/c1-7-9(12)10(19-15-7)8(2)13-14-11(18)16-3-5-17-6-4-16/h3-6H2,1-2H3,(H,14,18)/b13-8+. The van der Waals surface area contributed by atoms with E-state index in [0.717, 1.165) is 33.8 Å². The minimum Gasteiger partial charge on any atom is -0.378 e. The van der Waals surface area contributed by atoms with Gasteiger partial charge in [-0.1, -0.05) is 0 Å². The third-order valence-electron chi connectivity index (χ3n) is 2.74. The Labute approximate surface area is 130 Å². The van der Waals surface area contributed by atoms with Gasteiger partial charge in [0.2, 0.25) is 0 Å². The average molecular weight is 363 g/mol. The summed E-state index contributed by atoms with van der Waals surface area (Å²) in [5, 5.41) is 4.97. The van der Waals surface area contributed by atoms with Gasteiger partial charge in [-0.3, -0.25) is 5.43 Å². The maximum absolute atomic E-state index is 5.31. The van der Waals surface area contributed by atoms with Gasteiger partial charge in [0.1, 0.15) is 0 Å². The zero-order valence-corrected chi connectivity index (χ0v) is 14.0. The predicted octanol–water partition coefficient (Wildman–Crippen LogP) is 2.14.